The molecule has 0 spiro atoms. The number of aromatic nitrogens is 4. The normalized spacial score (nSPS) is 19.4. The second-order valence-electron chi connectivity index (χ2n) is 5.68. The van der Waals surface area contributed by atoms with Gasteiger partial charge in [0, 0.05) is 30.9 Å². The fraction of sp³-hybridized carbons (Fsp3) is 0.571. The minimum Gasteiger partial charge on any atom is -0.480 e. The summed E-state index contributed by atoms with van der Waals surface area (Å²) < 4.78 is 6.33. The molecule has 1 atom stereocenters. The average molecular weight is 305 g/mol. The maximum Gasteiger partial charge on any atom is 0.325 e. The quantitative estimate of drug-likeness (QED) is 0.881. The molecule has 1 saturated heterocycles. The molecule has 0 bridgehead atoms. The van der Waals surface area contributed by atoms with Crippen LogP contribution in [-0.4, -0.2) is 49.2 Å². The van der Waals surface area contributed by atoms with Gasteiger partial charge in [-0.05, 0) is 32.4 Å². The number of rotatable bonds is 5. The molecule has 0 saturated carbocycles. The summed E-state index contributed by atoms with van der Waals surface area (Å²) in [6.07, 6.45) is 3.77. The second-order valence-corrected chi connectivity index (χ2v) is 5.68. The summed E-state index contributed by atoms with van der Waals surface area (Å²) in [4.78, 5) is 13.2. The van der Waals surface area contributed by atoms with Gasteiger partial charge in [0.25, 0.3) is 0 Å². The van der Waals surface area contributed by atoms with Crippen molar-refractivity contribution in [2.45, 2.75) is 38.8 Å². The zero-order chi connectivity index (χ0) is 15.5. The van der Waals surface area contributed by atoms with E-state index >= 15 is 0 Å². The van der Waals surface area contributed by atoms with Crippen LogP contribution in [0.25, 0.3) is 0 Å². The number of carboxylic acid groups (broad SMARTS) is 1. The summed E-state index contributed by atoms with van der Waals surface area (Å²) in [7, 11) is 0. The van der Waals surface area contributed by atoms with Crippen molar-refractivity contribution in [2.75, 3.05) is 13.1 Å². The number of aliphatic carboxylic acids is 1. The Kier molecular flexibility index (Phi) is 4.19. The van der Waals surface area contributed by atoms with Gasteiger partial charge in [0.1, 0.15) is 17.9 Å². The van der Waals surface area contributed by atoms with Crippen molar-refractivity contribution in [3.63, 3.8) is 0 Å². The molecule has 22 heavy (non-hydrogen) atoms. The number of hydrogen-bond acceptors (Lipinski definition) is 6. The molecule has 8 nitrogen and oxygen atoms in total. The maximum absolute atomic E-state index is 10.9. The van der Waals surface area contributed by atoms with Gasteiger partial charge < -0.3 is 5.11 Å². The number of piperidine rings is 1. The molecule has 1 aliphatic heterocycles. The Morgan fingerprint density at radius 3 is 3.09 bits per heavy atom. The van der Waals surface area contributed by atoms with E-state index in [2.05, 4.69) is 20.3 Å². The zero-order valence-electron chi connectivity index (χ0n) is 12.5. The van der Waals surface area contributed by atoms with E-state index < -0.39 is 5.97 Å². The molecule has 0 amide bonds. The molecular weight excluding hydrogens is 286 g/mol. The largest absolute Gasteiger partial charge is 0.480 e. The zero-order valence-corrected chi connectivity index (χ0v) is 12.5. The predicted octanol–water partition coefficient (Wildman–Crippen LogP) is 1.04. The van der Waals surface area contributed by atoms with Crippen molar-refractivity contribution in [1.82, 2.24) is 25.0 Å². The fourth-order valence-corrected chi connectivity index (χ4v) is 3.00. The van der Waals surface area contributed by atoms with E-state index in [-0.39, 0.29) is 12.5 Å². The van der Waals surface area contributed by atoms with Crippen LogP contribution >= 0.6 is 0 Å². The molecule has 1 aliphatic rings. The number of carbonyl (C=O) groups is 1. The molecule has 0 aromatic carbocycles. The highest BCUT2D eigenvalue weighted by Crippen LogP contribution is 2.27. The third-order valence-electron chi connectivity index (χ3n) is 4.08. The highest BCUT2D eigenvalue weighted by atomic mass is 16.6. The number of nitrogens with zero attached hydrogens (tertiary/aromatic N) is 5. The molecule has 8 heteroatoms. The standard InChI is InChI=1S/C14H19N5O3/c1-10-12(17-22-16-10)8-18-6-2-3-11(7-18)13-4-5-15-19(13)9-14(20)21/h4-5,11H,2-3,6-9H2,1H3,(H,20,21)/t11-/m0/s1. The van der Waals surface area contributed by atoms with E-state index in [9.17, 15) is 4.79 Å². The van der Waals surface area contributed by atoms with E-state index in [0.717, 1.165) is 43.0 Å². The van der Waals surface area contributed by atoms with Crippen LogP contribution in [0.4, 0.5) is 0 Å². The lowest BCUT2D eigenvalue weighted by Crippen LogP contribution is -2.35. The Morgan fingerprint density at radius 2 is 2.36 bits per heavy atom. The van der Waals surface area contributed by atoms with Crippen molar-refractivity contribution in [3.05, 3.63) is 29.3 Å². The van der Waals surface area contributed by atoms with Gasteiger partial charge in [-0.1, -0.05) is 10.3 Å². The van der Waals surface area contributed by atoms with Crippen LogP contribution in [0.15, 0.2) is 16.9 Å². The summed E-state index contributed by atoms with van der Waals surface area (Å²) >= 11 is 0. The van der Waals surface area contributed by atoms with E-state index in [1.807, 2.05) is 13.0 Å². The Balaban J connectivity index is 1.69. The van der Waals surface area contributed by atoms with Crippen molar-refractivity contribution >= 4 is 5.97 Å². The van der Waals surface area contributed by atoms with Gasteiger partial charge in [-0.15, -0.1) is 0 Å². The van der Waals surface area contributed by atoms with Crippen molar-refractivity contribution in [1.29, 1.82) is 0 Å². The van der Waals surface area contributed by atoms with Gasteiger partial charge >= 0.3 is 5.97 Å². The van der Waals surface area contributed by atoms with Gasteiger partial charge in [0.05, 0.1) is 0 Å². The van der Waals surface area contributed by atoms with Gasteiger partial charge in [0.2, 0.25) is 0 Å². The maximum atomic E-state index is 10.9. The first kappa shape index (κ1) is 14.7. The minimum atomic E-state index is -0.873. The average Bonchev–Trinajstić information content (AvgIpc) is 3.09. The van der Waals surface area contributed by atoms with Crippen LogP contribution in [0.3, 0.4) is 0 Å². The first-order valence-electron chi connectivity index (χ1n) is 7.37. The van der Waals surface area contributed by atoms with Crippen LogP contribution < -0.4 is 0 Å². The molecule has 1 N–H and O–H groups in total. The topological polar surface area (TPSA) is 97.3 Å². The van der Waals surface area contributed by atoms with Crippen molar-refractivity contribution in [3.8, 4) is 0 Å². The highest BCUT2D eigenvalue weighted by molar-refractivity contribution is 5.66. The third kappa shape index (κ3) is 3.16. The Hall–Kier alpha value is -2.22. The summed E-state index contributed by atoms with van der Waals surface area (Å²) in [6.45, 7) is 4.35. The Bertz CT molecular complexity index is 650. The van der Waals surface area contributed by atoms with Gasteiger partial charge in [-0.3, -0.25) is 14.4 Å². The molecule has 1 fully saturated rings. The molecule has 0 unspecified atom stereocenters. The van der Waals surface area contributed by atoms with Gasteiger partial charge in [-0.2, -0.15) is 5.10 Å². The predicted molar refractivity (Wildman–Crippen MR) is 76.1 cm³/mol. The van der Waals surface area contributed by atoms with E-state index in [1.165, 1.54) is 0 Å². The Labute approximate surface area is 127 Å². The lowest BCUT2D eigenvalue weighted by Gasteiger charge is -2.32. The van der Waals surface area contributed by atoms with Crippen molar-refractivity contribution < 1.29 is 14.5 Å². The lowest BCUT2D eigenvalue weighted by molar-refractivity contribution is -0.137. The smallest absolute Gasteiger partial charge is 0.325 e. The van der Waals surface area contributed by atoms with Gasteiger partial charge in [-0.25, -0.2) is 4.63 Å². The highest BCUT2D eigenvalue weighted by Gasteiger charge is 2.25. The van der Waals surface area contributed by atoms with Crippen molar-refractivity contribution in [2.24, 2.45) is 0 Å². The molecule has 0 aliphatic carbocycles. The lowest BCUT2D eigenvalue weighted by atomic mass is 9.94. The first-order chi connectivity index (χ1) is 10.6. The summed E-state index contributed by atoms with van der Waals surface area (Å²) in [5, 5.41) is 20.8. The summed E-state index contributed by atoms with van der Waals surface area (Å²) in [5.74, 6) is -0.585. The molecule has 2 aromatic heterocycles. The molecule has 0 radical (unpaired) electrons. The van der Waals surface area contributed by atoms with E-state index in [0.29, 0.717) is 6.54 Å². The molecule has 118 valence electrons. The number of carboxylic acids is 1. The second kappa shape index (κ2) is 6.27. The Morgan fingerprint density at radius 1 is 1.50 bits per heavy atom. The monoisotopic (exact) mass is 305 g/mol. The minimum absolute atomic E-state index is 0.0921. The van der Waals surface area contributed by atoms with Gasteiger partial charge in [0.15, 0.2) is 0 Å². The third-order valence-corrected chi connectivity index (χ3v) is 4.08. The molecular formula is C14H19N5O3. The van der Waals surface area contributed by atoms with E-state index in [1.54, 1.807) is 10.9 Å². The number of hydrogen-bond donors (Lipinski definition) is 1. The van der Waals surface area contributed by atoms with Crippen LogP contribution in [-0.2, 0) is 17.9 Å². The first-order valence-corrected chi connectivity index (χ1v) is 7.37. The SMILES string of the molecule is Cc1nonc1CN1CCC[C@H](c2ccnn2CC(=O)O)C1. The van der Waals surface area contributed by atoms with Crippen LogP contribution in [0.1, 0.15) is 35.8 Å². The van der Waals surface area contributed by atoms with E-state index in [4.69, 9.17) is 9.74 Å². The van der Waals surface area contributed by atoms with Crippen LogP contribution in [0.5, 0.6) is 0 Å². The molecule has 2 aromatic rings. The summed E-state index contributed by atoms with van der Waals surface area (Å²) in [5.41, 5.74) is 2.67. The number of aryl methyl sites for hydroxylation is 1. The number of likely N-dealkylation sites (tertiary alicyclic amines) is 1. The fourth-order valence-electron chi connectivity index (χ4n) is 3.00. The van der Waals surface area contributed by atoms with Crippen LogP contribution in [0.2, 0.25) is 0 Å². The molecule has 3 rings (SSSR count). The summed E-state index contributed by atoms with van der Waals surface area (Å²) in [6, 6.07) is 1.92. The molecule has 3 heterocycles. The van der Waals surface area contributed by atoms with Crippen LogP contribution in [0, 0.1) is 6.92 Å².